The molecule has 1 saturated heterocycles. The number of benzene rings is 3. The van der Waals surface area contributed by atoms with E-state index in [-0.39, 0.29) is 12.5 Å². The van der Waals surface area contributed by atoms with Crippen molar-refractivity contribution in [1.82, 2.24) is 10.2 Å². The van der Waals surface area contributed by atoms with Gasteiger partial charge in [-0.3, -0.25) is 24.6 Å². The van der Waals surface area contributed by atoms with Crippen molar-refractivity contribution in [2.24, 2.45) is 5.92 Å². The Morgan fingerprint density at radius 3 is 1.97 bits per heavy atom. The minimum atomic E-state index is -2.05. The van der Waals surface area contributed by atoms with Gasteiger partial charge in [-0.05, 0) is 42.0 Å². The highest BCUT2D eigenvalue weighted by atomic mass is 16.5. The molecule has 1 aliphatic rings. The largest absolute Gasteiger partial charge is 0.456 e. The summed E-state index contributed by atoms with van der Waals surface area (Å²) in [5.41, 5.74) is -0.438. The molecule has 7 nitrogen and oxygen atoms in total. The van der Waals surface area contributed by atoms with E-state index < -0.39 is 35.5 Å². The summed E-state index contributed by atoms with van der Waals surface area (Å²) in [5.74, 6) is -1.73. The molecule has 3 aromatic carbocycles. The normalized spacial score (nSPS) is 16.7. The van der Waals surface area contributed by atoms with Crippen LogP contribution in [0.1, 0.15) is 49.5 Å². The van der Waals surface area contributed by atoms with Crippen LogP contribution in [0.3, 0.4) is 0 Å². The lowest BCUT2D eigenvalue weighted by molar-refractivity contribution is -0.153. The first-order valence-corrected chi connectivity index (χ1v) is 13.0. The van der Waals surface area contributed by atoms with Gasteiger partial charge in [0, 0.05) is 0 Å². The molecule has 2 atom stereocenters. The van der Waals surface area contributed by atoms with Crippen molar-refractivity contribution in [3.05, 3.63) is 108 Å². The van der Waals surface area contributed by atoms with Crippen LogP contribution in [0.15, 0.2) is 91.0 Å². The second-order valence-corrected chi connectivity index (χ2v) is 9.95. The molecule has 2 amide bonds. The summed E-state index contributed by atoms with van der Waals surface area (Å²) in [5, 5.41) is 14.1. The zero-order valence-corrected chi connectivity index (χ0v) is 21.7. The molecule has 0 unspecified atom stereocenters. The Balaban J connectivity index is 1.46. The van der Waals surface area contributed by atoms with Crippen LogP contribution in [-0.4, -0.2) is 46.9 Å². The molecule has 0 spiro atoms. The molecule has 4 rings (SSSR count). The van der Waals surface area contributed by atoms with Gasteiger partial charge < -0.3 is 9.84 Å². The third-order valence-electron chi connectivity index (χ3n) is 6.94. The molecule has 1 heterocycles. The van der Waals surface area contributed by atoms with Crippen molar-refractivity contribution in [1.29, 1.82) is 0 Å². The molecular weight excluding hydrogens is 480 g/mol. The van der Waals surface area contributed by atoms with Crippen molar-refractivity contribution in [2.45, 2.75) is 44.4 Å². The number of carbonyl (C=O) groups is 3. The van der Waals surface area contributed by atoms with Gasteiger partial charge >= 0.3 is 5.97 Å². The zero-order valence-electron chi connectivity index (χ0n) is 21.7. The van der Waals surface area contributed by atoms with Crippen LogP contribution >= 0.6 is 0 Å². The highest BCUT2D eigenvalue weighted by Gasteiger charge is 2.42. The predicted molar refractivity (Wildman–Crippen MR) is 144 cm³/mol. The maximum Gasteiger partial charge on any atom is 0.320 e. The number of amides is 2. The molecule has 0 saturated carbocycles. The van der Waals surface area contributed by atoms with Crippen LogP contribution in [0.5, 0.6) is 0 Å². The fraction of sp³-hybridized carbons (Fsp3) is 0.323. The van der Waals surface area contributed by atoms with Crippen LogP contribution in [0.2, 0.25) is 0 Å². The minimum Gasteiger partial charge on any atom is -0.456 e. The van der Waals surface area contributed by atoms with E-state index in [4.69, 9.17) is 4.74 Å². The first kappa shape index (κ1) is 27.2. The summed E-state index contributed by atoms with van der Waals surface area (Å²) >= 11 is 0. The van der Waals surface area contributed by atoms with E-state index in [2.05, 4.69) is 5.32 Å². The van der Waals surface area contributed by atoms with Gasteiger partial charge in [-0.15, -0.1) is 0 Å². The second kappa shape index (κ2) is 12.2. The quantitative estimate of drug-likeness (QED) is 0.420. The molecular formula is C31H34N2O5. The number of aliphatic hydroxyl groups is 1. The lowest BCUT2D eigenvalue weighted by Crippen LogP contribution is -2.53. The van der Waals surface area contributed by atoms with E-state index in [1.807, 2.05) is 44.2 Å². The first-order chi connectivity index (χ1) is 18.3. The lowest BCUT2D eigenvalue weighted by atomic mass is 9.85. The maximum absolute atomic E-state index is 13.4. The van der Waals surface area contributed by atoms with Gasteiger partial charge in [0.05, 0.1) is 12.6 Å². The van der Waals surface area contributed by atoms with Crippen LogP contribution in [0, 0.1) is 5.92 Å². The Bertz CT molecular complexity index is 1190. The molecule has 0 aromatic heterocycles. The van der Waals surface area contributed by atoms with Crippen LogP contribution in [0.4, 0.5) is 0 Å². The highest BCUT2D eigenvalue weighted by Crippen LogP contribution is 2.30. The van der Waals surface area contributed by atoms with E-state index in [1.165, 1.54) is 0 Å². The van der Waals surface area contributed by atoms with Gasteiger partial charge in [0.15, 0.2) is 5.60 Å². The molecule has 0 radical (unpaired) electrons. The lowest BCUT2D eigenvalue weighted by Gasteiger charge is -2.29. The van der Waals surface area contributed by atoms with Crippen molar-refractivity contribution in [3.8, 4) is 0 Å². The van der Waals surface area contributed by atoms with Crippen molar-refractivity contribution < 1.29 is 24.2 Å². The Morgan fingerprint density at radius 2 is 1.45 bits per heavy atom. The maximum atomic E-state index is 13.4. The number of ether oxygens (including phenoxy) is 1. The van der Waals surface area contributed by atoms with Crippen LogP contribution in [-0.2, 0) is 24.7 Å². The van der Waals surface area contributed by atoms with E-state index in [1.54, 1.807) is 65.6 Å². The van der Waals surface area contributed by atoms with Gasteiger partial charge in [-0.2, -0.15) is 0 Å². The number of imide groups is 1. The topological polar surface area (TPSA) is 95.9 Å². The summed E-state index contributed by atoms with van der Waals surface area (Å²) in [4.78, 5) is 41.4. The zero-order chi connectivity index (χ0) is 27.1. The monoisotopic (exact) mass is 514 g/mol. The molecule has 1 aliphatic heterocycles. The third-order valence-corrected chi connectivity index (χ3v) is 6.94. The van der Waals surface area contributed by atoms with Gasteiger partial charge in [0.2, 0.25) is 5.91 Å². The van der Waals surface area contributed by atoms with Gasteiger partial charge in [0.1, 0.15) is 6.10 Å². The Kier molecular flexibility index (Phi) is 8.71. The van der Waals surface area contributed by atoms with Gasteiger partial charge in [0.25, 0.3) is 5.91 Å². The Labute approximate surface area is 223 Å². The average molecular weight is 515 g/mol. The molecule has 3 aromatic rings. The summed E-state index contributed by atoms with van der Waals surface area (Å²) < 4.78 is 5.82. The molecule has 198 valence electrons. The van der Waals surface area contributed by atoms with Crippen LogP contribution in [0.25, 0.3) is 0 Å². The molecule has 38 heavy (non-hydrogen) atoms. The Hall–Kier alpha value is -3.81. The third kappa shape index (κ3) is 6.01. The summed E-state index contributed by atoms with van der Waals surface area (Å²) in [7, 11) is 0. The summed E-state index contributed by atoms with van der Waals surface area (Å²) in [6.45, 7) is 4.44. The molecule has 0 aliphatic carbocycles. The Morgan fingerprint density at radius 1 is 0.921 bits per heavy atom. The van der Waals surface area contributed by atoms with E-state index in [0.29, 0.717) is 30.5 Å². The average Bonchev–Trinajstić information content (AvgIpc) is 3.40. The standard InChI is InChI=1S/C31H34N2O5/c1-22(2)28(23-13-6-3-7-14-23)38-27(34)21-33-20-12-19-26(33)29(35)32-30(36)31(37,24-15-8-4-9-16-24)25-17-10-5-11-18-25/h3-11,13-18,22,26,28,37H,12,19-21H2,1-2H3,(H,32,35,36)/t26-,28+/m0/s1. The van der Waals surface area contributed by atoms with E-state index >= 15 is 0 Å². The van der Waals surface area contributed by atoms with E-state index in [9.17, 15) is 19.5 Å². The predicted octanol–water partition coefficient (Wildman–Crippen LogP) is 3.97. The number of esters is 1. The molecule has 2 N–H and O–H groups in total. The van der Waals surface area contributed by atoms with Gasteiger partial charge in [-0.1, -0.05) is 105 Å². The number of rotatable bonds is 9. The number of nitrogens with zero attached hydrogens (tertiary/aromatic N) is 1. The number of nitrogens with one attached hydrogen (secondary N) is 1. The first-order valence-electron chi connectivity index (χ1n) is 13.0. The number of carbonyl (C=O) groups excluding carboxylic acids is 3. The van der Waals surface area contributed by atoms with Gasteiger partial charge in [-0.25, -0.2) is 0 Å². The number of hydrogen-bond donors (Lipinski definition) is 2. The summed E-state index contributed by atoms with van der Waals surface area (Å²) in [6, 6.07) is 25.9. The van der Waals surface area contributed by atoms with Crippen molar-refractivity contribution in [3.63, 3.8) is 0 Å². The number of hydrogen-bond acceptors (Lipinski definition) is 6. The minimum absolute atomic E-state index is 0.0655. The summed E-state index contributed by atoms with van der Waals surface area (Å²) in [6.07, 6.45) is 0.799. The van der Waals surface area contributed by atoms with E-state index in [0.717, 1.165) is 5.56 Å². The fourth-order valence-corrected chi connectivity index (χ4v) is 4.96. The molecule has 0 bridgehead atoms. The smallest absolute Gasteiger partial charge is 0.320 e. The molecule has 1 fully saturated rings. The highest BCUT2D eigenvalue weighted by molar-refractivity contribution is 6.03. The fourth-order valence-electron chi connectivity index (χ4n) is 4.96. The van der Waals surface area contributed by atoms with Crippen LogP contribution < -0.4 is 5.32 Å². The number of likely N-dealkylation sites (tertiary alicyclic amines) is 1. The van der Waals surface area contributed by atoms with Crippen molar-refractivity contribution >= 4 is 17.8 Å². The van der Waals surface area contributed by atoms with Crippen molar-refractivity contribution in [2.75, 3.05) is 13.1 Å². The second-order valence-electron chi connectivity index (χ2n) is 9.95. The SMILES string of the molecule is CC(C)[C@@H](OC(=O)CN1CCC[C@H]1C(=O)NC(=O)C(O)(c1ccccc1)c1ccccc1)c1ccccc1. The molecule has 7 heteroatoms.